The number of hydrogen-bond donors (Lipinski definition) is 0. The van der Waals surface area contributed by atoms with Gasteiger partial charge in [0.2, 0.25) is 0 Å². The van der Waals surface area contributed by atoms with Crippen molar-refractivity contribution in [3.63, 3.8) is 0 Å². The molecule has 2 heteroatoms. The minimum absolute atomic E-state index is 0.862. The van der Waals surface area contributed by atoms with Crippen LogP contribution in [0.25, 0.3) is 0 Å². The normalized spacial score (nSPS) is 38.5. The van der Waals surface area contributed by atoms with Crippen LogP contribution in [0.3, 0.4) is 0 Å². The van der Waals surface area contributed by atoms with Crippen molar-refractivity contribution < 1.29 is 0 Å². The predicted molar refractivity (Wildman–Crippen MR) is 60.2 cm³/mol. The summed E-state index contributed by atoms with van der Waals surface area (Å²) in [6.45, 7) is 8.79. The largest absolute Gasteiger partial charge is 0.302 e. The van der Waals surface area contributed by atoms with Gasteiger partial charge in [0, 0.05) is 11.8 Å². The van der Waals surface area contributed by atoms with E-state index in [2.05, 4.69) is 30.5 Å². The molecular formula is C11H21NS. The van der Waals surface area contributed by atoms with Gasteiger partial charge in [0.15, 0.2) is 0 Å². The molecule has 0 unspecified atom stereocenters. The lowest BCUT2D eigenvalue weighted by molar-refractivity contribution is 0.118. The lowest BCUT2D eigenvalue weighted by atomic mass is 9.88. The zero-order valence-corrected chi connectivity index (χ0v) is 9.65. The fourth-order valence-corrected chi connectivity index (χ4v) is 3.91. The van der Waals surface area contributed by atoms with E-state index in [1.54, 1.807) is 0 Å². The van der Waals surface area contributed by atoms with Crippen LogP contribution in [0, 0.1) is 11.8 Å². The highest BCUT2D eigenvalue weighted by Crippen LogP contribution is 2.35. The summed E-state index contributed by atoms with van der Waals surface area (Å²) >= 11 is 2.23. The van der Waals surface area contributed by atoms with Gasteiger partial charge in [-0.05, 0) is 43.5 Å². The van der Waals surface area contributed by atoms with E-state index in [0.29, 0.717) is 0 Å². The standard InChI is InChI=1S/C11H21NS/c1-9(2)8-13-11-7-12-5-3-10(11)4-6-12/h9-11H,3-8H2,1-2H3/t11-/m0/s1. The summed E-state index contributed by atoms with van der Waals surface area (Å²) in [7, 11) is 0. The van der Waals surface area contributed by atoms with Gasteiger partial charge in [0.1, 0.15) is 0 Å². The smallest absolute Gasteiger partial charge is 0.0204 e. The van der Waals surface area contributed by atoms with Crippen LogP contribution >= 0.6 is 11.8 Å². The lowest BCUT2D eigenvalue weighted by Gasteiger charge is -2.44. The van der Waals surface area contributed by atoms with Gasteiger partial charge in [-0.25, -0.2) is 0 Å². The summed E-state index contributed by atoms with van der Waals surface area (Å²) in [5, 5.41) is 0.963. The van der Waals surface area contributed by atoms with E-state index in [1.807, 2.05) is 0 Å². The Balaban J connectivity index is 1.80. The maximum Gasteiger partial charge on any atom is 0.0204 e. The molecule has 0 radical (unpaired) electrons. The van der Waals surface area contributed by atoms with Crippen molar-refractivity contribution in [2.75, 3.05) is 25.4 Å². The molecule has 3 fully saturated rings. The molecule has 3 rings (SSSR count). The first-order chi connectivity index (χ1) is 6.25. The van der Waals surface area contributed by atoms with E-state index in [4.69, 9.17) is 0 Å². The highest BCUT2D eigenvalue weighted by atomic mass is 32.2. The Bertz CT molecular complexity index is 161. The third-order valence-corrected chi connectivity index (χ3v) is 5.06. The van der Waals surface area contributed by atoms with Crippen molar-refractivity contribution in [3.8, 4) is 0 Å². The van der Waals surface area contributed by atoms with Gasteiger partial charge in [-0.1, -0.05) is 13.8 Å². The van der Waals surface area contributed by atoms with Crippen LogP contribution in [0.5, 0.6) is 0 Å². The summed E-state index contributed by atoms with van der Waals surface area (Å²) in [6.07, 6.45) is 2.94. The first-order valence-electron chi connectivity index (χ1n) is 5.59. The number of hydrogen-bond acceptors (Lipinski definition) is 2. The Hall–Kier alpha value is 0.310. The quantitative estimate of drug-likeness (QED) is 0.687. The minimum Gasteiger partial charge on any atom is -0.302 e. The molecule has 0 aromatic carbocycles. The van der Waals surface area contributed by atoms with Gasteiger partial charge >= 0.3 is 0 Å². The number of nitrogens with zero attached hydrogens (tertiary/aromatic N) is 1. The Morgan fingerprint density at radius 1 is 1.31 bits per heavy atom. The molecule has 0 aromatic heterocycles. The van der Waals surface area contributed by atoms with Gasteiger partial charge in [-0.2, -0.15) is 11.8 Å². The molecule has 0 spiro atoms. The molecule has 0 amide bonds. The van der Waals surface area contributed by atoms with Crippen LogP contribution in [0.1, 0.15) is 26.7 Å². The highest BCUT2D eigenvalue weighted by Gasteiger charge is 2.33. The lowest BCUT2D eigenvalue weighted by Crippen LogP contribution is -2.49. The average molecular weight is 199 g/mol. The second kappa shape index (κ2) is 4.22. The maximum atomic E-state index is 2.65. The third-order valence-electron chi connectivity index (χ3n) is 3.24. The van der Waals surface area contributed by atoms with Crippen molar-refractivity contribution in [1.82, 2.24) is 4.90 Å². The Morgan fingerprint density at radius 2 is 2.00 bits per heavy atom. The highest BCUT2D eigenvalue weighted by molar-refractivity contribution is 7.99. The summed E-state index contributed by atoms with van der Waals surface area (Å²) in [4.78, 5) is 2.65. The number of thioether (sulfide) groups is 1. The molecule has 0 saturated carbocycles. The zero-order valence-electron chi connectivity index (χ0n) is 8.83. The summed E-state index contributed by atoms with van der Waals surface area (Å²) in [5.74, 6) is 3.27. The van der Waals surface area contributed by atoms with Crippen molar-refractivity contribution in [2.24, 2.45) is 11.8 Å². The summed E-state index contributed by atoms with van der Waals surface area (Å²) in [5.41, 5.74) is 0. The number of fused-ring (bicyclic) bond motifs is 3. The van der Waals surface area contributed by atoms with Gasteiger partial charge in [-0.15, -0.1) is 0 Å². The Labute approximate surface area is 86.3 Å². The Kier molecular flexibility index (Phi) is 3.20. The SMILES string of the molecule is CC(C)CS[C@H]1CN2CCC1CC2. The van der Waals surface area contributed by atoms with E-state index in [9.17, 15) is 0 Å². The van der Waals surface area contributed by atoms with Crippen molar-refractivity contribution in [3.05, 3.63) is 0 Å². The van der Waals surface area contributed by atoms with Crippen LogP contribution in [-0.4, -0.2) is 35.5 Å². The fourth-order valence-electron chi connectivity index (χ4n) is 2.42. The summed E-state index contributed by atoms with van der Waals surface area (Å²) < 4.78 is 0. The molecule has 3 saturated heterocycles. The maximum absolute atomic E-state index is 2.65. The Morgan fingerprint density at radius 3 is 2.46 bits per heavy atom. The molecule has 0 aliphatic carbocycles. The minimum atomic E-state index is 0.862. The van der Waals surface area contributed by atoms with Gasteiger partial charge in [0.25, 0.3) is 0 Å². The van der Waals surface area contributed by atoms with Crippen LogP contribution in [0.15, 0.2) is 0 Å². The molecular weight excluding hydrogens is 178 g/mol. The monoisotopic (exact) mass is 199 g/mol. The third kappa shape index (κ3) is 2.41. The molecule has 0 N–H and O–H groups in total. The molecule has 2 bridgehead atoms. The molecule has 3 aliphatic rings. The van der Waals surface area contributed by atoms with Crippen LogP contribution in [-0.2, 0) is 0 Å². The molecule has 3 aliphatic heterocycles. The van der Waals surface area contributed by atoms with Crippen molar-refractivity contribution in [1.29, 1.82) is 0 Å². The predicted octanol–water partition coefficient (Wildman–Crippen LogP) is 2.47. The fraction of sp³-hybridized carbons (Fsp3) is 1.00. The van der Waals surface area contributed by atoms with E-state index in [-0.39, 0.29) is 0 Å². The van der Waals surface area contributed by atoms with Crippen molar-refractivity contribution >= 4 is 11.8 Å². The molecule has 76 valence electrons. The van der Waals surface area contributed by atoms with Crippen LogP contribution in [0.2, 0.25) is 0 Å². The van der Waals surface area contributed by atoms with Gasteiger partial charge in [-0.3, -0.25) is 0 Å². The zero-order chi connectivity index (χ0) is 9.26. The molecule has 0 aromatic rings. The second-order valence-electron chi connectivity index (χ2n) is 4.90. The summed E-state index contributed by atoms with van der Waals surface area (Å²) in [6, 6.07) is 0. The van der Waals surface area contributed by atoms with Crippen molar-refractivity contribution in [2.45, 2.75) is 31.9 Å². The number of rotatable bonds is 3. The molecule has 3 heterocycles. The van der Waals surface area contributed by atoms with Crippen LogP contribution < -0.4 is 0 Å². The van der Waals surface area contributed by atoms with Gasteiger partial charge < -0.3 is 4.90 Å². The van der Waals surface area contributed by atoms with Gasteiger partial charge in [0.05, 0.1) is 0 Å². The van der Waals surface area contributed by atoms with E-state index in [1.165, 1.54) is 38.2 Å². The first kappa shape index (κ1) is 9.85. The topological polar surface area (TPSA) is 3.24 Å². The molecule has 13 heavy (non-hydrogen) atoms. The second-order valence-corrected chi connectivity index (χ2v) is 6.18. The molecule has 1 atom stereocenters. The average Bonchev–Trinajstić information content (AvgIpc) is 2.17. The number of piperidine rings is 3. The first-order valence-corrected chi connectivity index (χ1v) is 6.64. The van der Waals surface area contributed by atoms with E-state index in [0.717, 1.165) is 17.1 Å². The van der Waals surface area contributed by atoms with Crippen LogP contribution in [0.4, 0.5) is 0 Å². The van der Waals surface area contributed by atoms with E-state index < -0.39 is 0 Å². The molecule has 1 nitrogen and oxygen atoms in total. The van der Waals surface area contributed by atoms with E-state index >= 15 is 0 Å².